The van der Waals surface area contributed by atoms with Gasteiger partial charge in [-0.25, -0.2) is 4.98 Å². The number of anilines is 1. The normalized spacial score (nSPS) is 18.9. The Labute approximate surface area is 125 Å². The Morgan fingerprint density at radius 3 is 3.00 bits per heavy atom. The molecule has 4 nitrogen and oxygen atoms in total. The van der Waals surface area contributed by atoms with Crippen LogP contribution in [-0.4, -0.2) is 46.4 Å². The molecule has 20 heavy (non-hydrogen) atoms. The molecule has 1 aliphatic rings. The van der Waals surface area contributed by atoms with E-state index in [-0.39, 0.29) is 5.91 Å². The summed E-state index contributed by atoms with van der Waals surface area (Å²) < 4.78 is 0. The van der Waals surface area contributed by atoms with Gasteiger partial charge in [0.1, 0.15) is 5.82 Å². The molecule has 0 aliphatic carbocycles. The van der Waals surface area contributed by atoms with E-state index >= 15 is 0 Å². The second-order valence-electron chi connectivity index (χ2n) is 5.06. The van der Waals surface area contributed by atoms with Crippen molar-refractivity contribution < 1.29 is 4.79 Å². The molecule has 0 spiro atoms. The SMILES string of the molecule is CCNc1cc(C(=O)N2CCSC(CC)C2)cc(C)n1. The number of hydrogen-bond acceptors (Lipinski definition) is 4. The summed E-state index contributed by atoms with van der Waals surface area (Å²) in [5, 5.41) is 3.75. The van der Waals surface area contributed by atoms with Gasteiger partial charge in [-0.1, -0.05) is 6.92 Å². The van der Waals surface area contributed by atoms with Gasteiger partial charge in [-0.3, -0.25) is 4.79 Å². The number of rotatable bonds is 4. The van der Waals surface area contributed by atoms with Crippen LogP contribution < -0.4 is 5.32 Å². The Morgan fingerprint density at radius 2 is 2.30 bits per heavy atom. The van der Waals surface area contributed by atoms with E-state index in [1.807, 2.05) is 42.6 Å². The first-order valence-corrected chi connectivity index (χ1v) is 8.32. The Hall–Kier alpha value is -1.23. The minimum atomic E-state index is 0.133. The molecule has 0 aromatic carbocycles. The number of hydrogen-bond donors (Lipinski definition) is 1. The zero-order valence-corrected chi connectivity index (χ0v) is 13.3. The second-order valence-corrected chi connectivity index (χ2v) is 6.47. The highest BCUT2D eigenvalue weighted by Crippen LogP contribution is 2.23. The van der Waals surface area contributed by atoms with Crippen LogP contribution in [0.3, 0.4) is 0 Å². The van der Waals surface area contributed by atoms with Gasteiger partial charge in [-0.2, -0.15) is 11.8 Å². The third kappa shape index (κ3) is 3.66. The van der Waals surface area contributed by atoms with E-state index in [0.29, 0.717) is 5.25 Å². The fraction of sp³-hybridized carbons (Fsp3) is 0.600. The molecule has 110 valence electrons. The molecule has 1 unspecified atom stereocenters. The van der Waals surface area contributed by atoms with Crippen LogP contribution in [0, 0.1) is 6.92 Å². The number of nitrogens with zero attached hydrogens (tertiary/aromatic N) is 2. The largest absolute Gasteiger partial charge is 0.370 e. The van der Waals surface area contributed by atoms with Crippen LogP contribution in [0.25, 0.3) is 0 Å². The Balaban J connectivity index is 2.15. The minimum Gasteiger partial charge on any atom is -0.370 e. The van der Waals surface area contributed by atoms with Crippen LogP contribution in [0.2, 0.25) is 0 Å². The third-order valence-electron chi connectivity index (χ3n) is 3.44. The van der Waals surface area contributed by atoms with Crippen LogP contribution in [0.4, 0.5) is 5.82 Å². The molecule has 1 aliphatic heterocycles. The number of carbonyl (C=O) groups is 1. The van der Waals surface area contributed by atoms with E-state index in [1.54, 1.807) is 0 Å². The Kier molecular flexibility index (Phi) is 5.29. The van der Waals surface area contributed by atoms with Gasteiger partial charge in [-0.05, 0) is 32.4 Å². The number of pyridine rings is 1. The highest BCUT2D eigenvalue weighted by atomic mass is 32.2. The van der Waals surface area contributed by atoms with Crippen molar-refractivity contribution in [1.29, 1.82) is 0 Å². The highest BCUT2D eigenvalue weighted by molar-refractivity contribution is 8.00. The zero-order chi connectivity index (χ0) is 14.5. The van der Waals surface area contributed by atoms with Gasteiger partial charge in [0, 0.05) is 41.9 Å². The lowest BCUT2D eigenvalue weighted by Crippen LogP contribution is -2.41. The molecule has 1 fully saturated rings. The average Bonchev–Trinajstić information content (AvgIpc) is 2.46. The third-order valence-corrected chi connectivity index (χ3v) is 4.81. The van der Waals surface area contributed by atoms with Gasteiger partial charge in [0.15, 0.2) is 0 Å². The lowest BCUT2D eigenvalue weighted by Gasteiger charge is -2.32. The first-order valence-electron chi connectivity index (χ1n) is 7.27. The molecule has 5 heteroatoms. The molecule has 1 amide bonds. The molecule has 1 atom stereocenters. The van der Waals surface area contributed by atoms with Gasteiger partial charge < -0.3 is 10.2 Å². The first kappa shape index (κ1) is 15.2. The fourth-order valence-electron chi connectivity index (χ4n) is 2.40. The van der Waals surface area contributed by atoms with E-state index in [1.165, 1.54) is 0 Å². The van der Waals surface area contributed by atoms with E-state index < -0.39 is 0 Å². The molecule has 1 saturated heterocycles. The molecular weight excluding hydrogens is 270 g/mol. The summed E-state index contributed by atoms with van der Waals surface area (Å²) in [6, 6.07) is 3.74. The molecule has 0 bridgehead atoms. The number of nitrogens with one attached hydrogen (secondary N) is 1. The maximum Gasteiger partial charge on any atom is 0.254 e. The van der Waals surface area contributed by atoms with Crippen molar-refractivity contribution in [1.82, 2.24) is 9.88 Å². The quantitative estimate of drug-likeness (QED) is 0.927. The van der Waals surface area contributed by atoms with Crippen molar-refractivity contribution >= 4 is 23.5 Å². The number of thioether (sulfide) groups is 1. The first-order chi connectivity index (χ1) is 9.63. The standard InChI is InChI=1S/C15H23N3OS/c1-4-13-10-18(6-7-20-13)15(19)12-8-11(3)17-14(9-12)16-5-2/h8-9,13H,4-7,10H2,1-3H3,(H,16,17). The smallest absolute Gasteiger partial charge is 0.254 e. The minimum absolute atomic E-state index is 0.133. The summed E-state index contributed by atoms with van der Waals surface area (Å²) >= 11 is 1.98. The van der Waals surface area contributed by atoms with Crippen molar-refractivity contribution in [3.63, 3.8) is 0 Å². The molecule has 1 N–H and O–H groups in total. The number of carbonyl (C=O) groups excluding carboxylic acids is 1. The van der Waals surface area contributed by atoms with E-state index in [0.717, 1.165) is 48.9 Å². The lowest BCUT2D eigenvalue weighted by atomic mass is 10.2. The van der Waals surface area contributed by atoms with Crippen LogP contribution in [0.1, 0.15) is 36.3 Å². The number of amides is 1. The molecular formula is C15H23N3OS. The number of aromatic nitrogens is 1. The number of aryl methyl sites for hydroxylation is 1. The Morgan fingerprint density at radius 1 is 1.50 bits per heavy atom. The van der Waals surface area contributed by atoms with Gasteiger partial charge in [0.2, 0.25) is 0 Å². The predicted molar refractivity (Wildman–Crippen MR) is 85.6 cm³/mol. The summed E-state index contributed by atoms with van der Waals surface area (Å²) in [6.45, 7) is 8.65. The van der Waals surface area contributed by atoms with E-state index in [4.69, 9.17) is 0 Å². The second kappa shape index (κ2) is 6.97. The van der Waals surface area contributed by atoms with Gasteiger partial charge in [-0.15, -0.1) is 0 Å². The van der Waals surface area contributed by atoms with Crippen molar-refractivity contribution in [3.05, 3.63) is 23.4 Å². The fourth-order valence-corrected chi connectivity index (χ4v) is 3.58. The van der Waals surface area contributed by atoms with Crippen molar-refractivity contribution in [3.8, 4) is 0 Å². The van der Waals surface area contributed by atoms with E-state index in [9.17, 15) is 4.79 Å². The maximum absolute atomic E-state index is 12.6. The predicted octanol–water partition coefficient (Wildman–Crippen LogP) is 2.79. The summed E-state index contributed by atoms with van der Waals surface area (Å²) in [6.07, 6.45) is 1.12. The summed E-state index contributed by atoms with van der Waals surface area (Å²) in [5.41, 5.74) is 1.63. The zero-order valence-electron chi connectivity index (χ0n) is 12.5. The molecule has 0 radical (unpaired) electrons. The molecule has 1 aromatic heterocycles. The molecule has 1 aromatic rings. The van der Waals surface area contributed by atoms with Crippen molar-refractivity contribution in [2.45, 2.75) is 32.4 Å². The highest BCUT2D eigenvalue weighted by Gasteiger charge is 2.24. The van der Waals surface area contributed by atoms with Crippen molar-refractivity contribution in [2.24, 2.45) is 0 Å². The molecule has 2 rings (SSSR count). The van der Waals surface area contributed by atoms with Crippen LogP contribution in [0.5, 0.6) is 0 Å². The van der Waals surface area contributed by atoms with E-state index in [2.05, 4.69) is 17.2 Å². The van der Waals surface area contributed by atoms with Crippen LogP contribution >= 0.6 is 11.8 Å². The summed E-state index contributed by atoms with van der Waals surface area (Å²) in [7, 11) is 0. The topological polar surface area (TPSA) is 45.2 Å². The Bertz CT molecular complexity index is 478. The summed E-state index contributed by atoms with van der Waals surface area (Å²) in [4.78, 5) is 19.0. The average molecular weight is 293 g/mol. The van der Waals surface area contributed by atoms with Crippen molar-refractivity contribution in [2.75, 3.05) is 30.7 Å². The van der Waals surface area contributed by atoms with Gasteiger partial charge >= 0.3 is 0 Å². The summed E-state index contributed by atoms with van der Waals surface area (Å²) in [5.74, 6) is 1.96. The monoisotopic (exact) mass is 293 g/mol. The lowest BCUT2D eigenvalue weighted by molar-refractivity contribution is 0.0760. The van der Waals surface area contributed by atoms with Crippen LogP contribution in [-0.2, 0) is 0 Å². The molecule has 2 heterocycles. The maximum atomic E-state index is 12.6. The van der Waals surface area contributed by atoms with Gasteiger partial charge in [0.05, 0.1) is 0 Å². The van der Waals surface area contributed by atoms with Crippen LogP contribution in [0.15, 0.2) is 12.1 Å². The molecule has 0 saturated carbocycles. The van der Waals surface area contributed by atoms with Gasteiger partial charge in [0.25, 0.3) is 5.91 Å².